The van der Waals surface area contributed by atoms with Crippen molar-refractivity contribution in [1.82, 2.24) is 0 Å². The zero-order valence-electron chi connectivity index (χ0n) is 13.1. The molecule has 2 atom stereocenters. The first-order valence-electron chi connectivity index (χ1n) is 8.00. The molecule has 1 aliphatic heterocycles. The maximum absolute atomic E-state index is 11.6. The van der Waals surface area contributed by atoms with Gasteiger partial charge >= 0.3 is 0 Å². The summed E-state index contributed by atoms with van der Waals surface area (Å²) in [6, 6.07) is 20.3. The molecule has 1 aliphatic rings. The number of ether oxygens (including phenoxy) is 1. The molecular formula is C19H22N2O2. The lowest BCUT2D eigenvalue weighted by atomic mass is 9.94. The van der Waals surface area contributed by atoms with Crippen LogP contribution in [0, 0.1) is 5.92 Å². The van der Waals surface area contributed by atoms with Gasteiger partial charge < -0.3 is 15.4 Å². The largest absolute Gasteiger partial charge is 0.369 e. The molecule has 2 aromatic carbocycles. The van der Waals surface area contributed by atoms with Crippen LogP contribution in [-0.2, 0) is 16.1 Å². The second kappa shape index (κ2) is 7.29. The first-order valence-corrected chi connectivity index (χ1v) is 8.00. The first kappa shape index (κ1) is 15.6. The lowest BCUT2D eigenvalue weighted by Gasteiger charge is -2.39. The van der Waals surface area contributed by atoms with Gasteiger partial charge in [0.25, 0.3) is 0 Å². The first-order chi connectivity index (χ1) is 11.2. The molecule has 0 aromatic heterocycles. The van der Waals surface area contributed by atoms with Gasteiger partial charge in [0.1, 0.15) is 6.23 Å². The van der Waals surface area contributed by atoms with Gasteiger partial charge in [0, 0.05) is 24.6 Å². The summed E-state index contributed by atoms with van der Waals surface area (Å²) in [5.74, 6) is -0.346. The molecule has 2 N–H and O–H groups in total. The van der Waals surface area contributed by atoms with Crippen LogP contribution in [0.5, 0.6) is 0 Å². The predicted octanol–water partition coefficient (Wildman–Crippen LogP) is 2.93. The summed E-state index contributed by atoms with van der Waals surface area (Å²) in [4.78, 5) is 13.8. The Morgan fingerprint density at radius 1 is 1.09 bits per heavy atom. The second-order valence-corrected chi connectivity index (χ2v) is 5.90. The van der Waals surface area contributed by atoms with Crippen LogP contribution < -0.4 is 10.6 Å². The number of nitrogens with zero attached hydrogens (tertiary/aromatic N) is 1. The van der Waals surface area contributed by atoms with Crippen LogP contribution in [-0.4, -0.2) is 18.7 Å². The minimum atomic E-state index is -0.231. The summed E-state index contributed by atoms with van der Waals surface area (Å²) in [6.45, 7) is 1.30. The smallest absolute Gasteiger partial charge is 0.220 e. The van der Waals surface area contributed by atoms with E-state index in [-0.39, 0.29) is 18.1 Å². The Hall–Kier alpha value is -2.33. The number of benzene rings is 2. The van der Waals surface area contributed by atoms with Gasteiger partial charge in [-0.2, -0.15) is 0 Å². The average molecular weight is 310 g/mol. The summed E-state index contributed by atoms with van der Waals surface area (Å²) in [7, 11) is 0. The molecule has 0 radical (unpaired) electrons. The number of hydrogen-bond acceptors (Lipinski definition) is 3. The highest BCUT2D eigenvalue weighted by Gasteiger charge is 2.32. The fraction of sp³-hybridized carbons (Fsp3) is 0.316. The Morgan fingerprint density at radius 3 is 2.39 bits per heavy atom. The maximum atomic E-state index is 11.6. The highest BCUT2D eigenvalue weighted by molar-refractivity contribution is 5.77. The number of hydrogen-bond donors (Lipinski definition) is 1. The van der Waals surface area contributed by atoms with Gasteiger partial charge in [0.15, 0.2) is 0 Å². The minimum absolute atomic E-state index is 0.115. The van der Waals surface area contributed by atoms with E-state index in [2.05, 4.69) is 17.0 Å². The van der Waals surface area contributed by atoms with Crippen molar-refractivity contribution < 1.29 is 9.53 Å². The number of carbonyl (C=O) groups excluding carboxylic acids is 1. The lowest BCUT2D eigenvalue weighted by molar-refractivity contribution is -0.124. The van der Waals surface area contributed by atoms with Crippen molar-refractivity contribution >= 4 is 11.6 Å². The molecule has 1 saturated heterocycles. The van der Waals surface area contributed by atoms with Crippen LogP contribution in [0.2, 0.25) is 0 Å². The number of piperidine rings is 1. The monoisotopic (exact) mass is 310 g/mol. The van der Waals surface area contributed by atoms with Crippen LogP contribution in [0.3, 0.4) is 0 Å². The van der Waals surface area contributed by atoms with E-state index in [1.54, 1.807) is 0 Å². The number of carbonyl (C=O) groups is 1. The van der Waals surface area contributed by atoms with Gasteiger partial charge in [-0.15, -0.1) is 0 Å². The van der Waals surface area contributed by atoms with E-state index in [1.807, 2.05) is 48.5 Å². The van der Waals surface area contributed by atoms with Crippen LogP contribution >= 0.6 is 0 Å². The lowest BCUT2D eigenvalue weighted by Crippen LogP contribution is -2.47. The Kier molecular flexibility index (Phi) is 4.93. The number of nitrogens with two attached hydrogens (primary N) is 1. The molecule has 2 unspecified atom stereocenters. The number of amides is 1. The molecule has 3 rings (SSSR count). The molecule has 1 amide bonds. The molecule has 1 heterocycles. The van der Waals surface area contributed by atoms with Crippen molar-refractivity contribution in [3.8, 4) is 0 Å². The molecule has 1 fully saturated rings. The van der Waals surface area contributed by atoms with Gasteiger partial charge in [-0.05, 0) is 24.1 Å². The van der Waals surface area contributed by atoms with Crippen molar-refractivity contribution in [1.29, 1.82) is 0 Å². The SMILES string of the molecule is NC(=O)C1CCN(c2ccccc2)C(OCc2ccccc2)C1. The molecule has 0 spiro atoms. The van der Waals surface area contributed by atoms with E-state index in [9.17, 15) is 4.79 Å². The molecular weight excluding hydrogens is 288 g/mol. The third-order valence-corrected chi connectivity index (χ3v) is 4.33. The van der Waals surface area contributed by atoms with Crippen molar-refractivity contribution in [2.75, 3.05) is 11.4 Å². The van der Waals surface area contributed by atoms with Gasteiger partial charge in [0.2, 0.25) is 5.91 Å². The fourth-order valence-electron chi connectivity index (χ4n) is 3.03. The van der Waals surface area contributed by atoms with E-state index < -0.39 is 0 Å². The Labute approximate surface area is 136 Å². The summed E-state index contributed by atoms with van der Waals surface area (Å²) in [5, 5.41) is 0. The molecule has 0 saturated carbocycles. The topological polar surface area (TPSA) is 55.6 Å². The molecule has 2 aromatic rings. The second-order valence-electron chi connectivity index (χ2n) is 5.90. The van der Waals surface area contributed by atoms with E-state index in [4.69, 9.17) is 10.5 Å². The standard InChI is InChI=1S/C19H22N2O2/c20-19(22)16-11-12-21(17-9-5-2-6-10-17)18(13-16)23-14-15-7-3-1-4-8-15/h1-10,16,18H,11-14H2,(H2,20,22). The number of anilines is 1. The Bertz CT molecular complexity index is 630. The Morgan fingerprint density at radius 2 is 1.74 bits per heavy atom. The van der Waals surface area contributed by atoms with Gasteiger partial charge in [-0.1, -0.05) is 48.5 Å². The highest BCUT2D eigenvalue weighted by atomic mass is 16.5. The quantitative estimate of drug-likeness (QED) is 0.924. The maximum Gasteiger partial charge on any atom is 0.220 e. The summed E-state index contributed by atoms with van der Waals surface area (Å²) in [6.07, 6.45) is 1.27. The van der Waals surface area contributed by atoms with Crippen molar-refractivity contribution in [2.45, 2.75) is 25.7 Å². The summed E-state index contributed by atoms with van der Waals surface area (Å²) < 4.78 is 6.13. The van der Waals surface area contributed by atoms with E-state index in [0.717, 1.165) is 24.2 Å². The van der Waals surface area contributed by atoms with E-state index >= 15 is 0 Å². The highest BCUT2D eigenvalue weighted by Crippen LogP contribution is 2.29. The van der Waals surface area contributed by atoms with Crippen LogP contribution in [0.1, 0.15) is 18.4 Å². The number of primary amides is 1. The van der Waals surface area contributed by atoms with Crippen LogP contribution in [0.25, 0.3) is 0 Å². The molecule has 0 aliphatic carbocycles. The van der Waals surface area contributed by atoms with Crippen LogP contribution in [0.15, 0.2) is 60.7 Å². The third-order valence-electron chi connectivity index (χ3n) is 4.33. The zero-order valence-corrected chi connectivity index (χ0v) is 13.1. The van der Waals surface area contributed by atoms with Crippen molar-refractivity contribution in [3.63, 3.8) is 0 Å². The molecule has 4 nitrogen and oxygen atoms in total. The van der Waals surface area contributed by atoms with Gasteiger partial charge in [-0.3, -0.25) is 4.79 Å². The van der Waals surface area contributed by atoms with Gasteiger partial charge in [-0.25, -0.2) is 0 Å². The van der Waals surface area contributed by atoms with Crippen molar-refractivity contribution in [3.05, 3.63) is 66.2 Å². The van der Waals surface area contributed by atoms with Crippen LogP contribution in [0.4, 0.5) is 5.69 Å². The van der Waals surface area contributed by atoms with Crippen molar-refractivity contribution in [2.24, 2.45) is 11.7 Å². The normalized spacial score (nSPS) is 21.1. The summed E-state index contributed by atoms with van der Waals surface area (Å²) >= 11 is 0. The molecule has 23 heavy (non-hydrogen) atoms. The number of rotatable bonds is 5. The molecule has 120 valence electrons. The molecule has 0 bridgehead atoms. The van der Waals surface area contributed by atoms with Gasteiger partial charge in [0.05, 0.1) is 6.61 Å². The fourth-order valence-corrected chi connectivity index (χ4v) is 3.03. The minimum Gasteiger partial charge on any atom is -0.369 e. The summed E-state index contributed by atoms with van der Waals surface area (Å²) in [5.41, 5.74) is 7.75. The zero-order chi connectivity index (χ0) is 16.1. The molecule has 4 heteroatoms. The average Bonchev–Trinajstić information content (AvgIpc) is 2.61. The predicted molar refractivity (Wildman–Crippen MR) is 90.7 cm³/mol. The third kappa shape index (κ3) is 3.90. The Balaban J connectivity index is 1.73. The van der Waals surface area contributed by atoms with E-state index in [0.29, 0.717) is 13.0 Å². The number of para-hydroxylation sites is 1. The van der Waals surface area contributed by atoms with E-state index in [1.165, 1.54) is 0 Å².